The molecule has 2 saturated heterocycles. The summed E-state index contributed by atoms with van der Waals surface area (Å²) >= 11 is 0. The normalized spacial score (nSPS) is 31.1. The second-order valence-corrected chi connectivity index (χ2v) is 6.15. The van der Waals surface area contributed by atoms with E-state index in [1.54, 1.807) is 0 Å². The third-order valence-electron chi connectivity index (χ3n) is 3.90. The Morgan fingerprint density at radius 1 is 1.19 bits per heavy atom. The monoisotopic (exact) mass is 225 g/mol. The molecular weight excluding hydrogens is 202 g/mol. The summed E-state index contributed by atoms with van der Waals surface area (Å²) in [6.45, 7) is 8.64. The van der Waals surface area contributed by atoms with Gasteiger partial charge in [0.05, 0.1) is 0 Å². The minimum Gasteiger partial charge on any atom is -0.381 e. The zero-order chi connectivity index (χ0) is 11.8. The predicted octanol–water partition coefficient (Wildman–Crippen LogP) is 2.20. The van der Waals surface area contributed by atoms with E-state index in [1.807, 2.05) is 20.8 Å². The Hall–Kier alpha value is -0.570. The molecule has 1 spiro atoms. The lowest BCUT2D eigenvalue weighted by atomic mass is 9.76. The summed E-state index contributed by atoms with van der Waals surface area (Å²) in [5.41, 5.74) is -0.110. The first kappa shape index (κ1) is 11.9. The maximum Gasteiger partial charge on any atom is 0.228 e. The highest BCUT2D eigenvalue weighted by Crippen LogP contribution is 2.41. The quantitative estimate of drug-likeness (QED) is 0.632. The predicted molar refractivity (Wildman–Crippen MR) is 63.2 cm³/mol. The molecular formula is C13H23NO2. The zero-order valence-electron chi connectivity index (χ0n) is 10.7. The topological polar surface area (TPSA) is 29.5 Å². The molecule has 0 aromatic carbocycles. The van der Waals surface area contributed by atoms with Gasteiger partial charge in [0.1, 0.15) is 0 Å². The van der Waals surface area contributed by atoms with Crippen LogP contribution in [0.25, 0.3) is 0 Å². The van der Waals surface area contributed by atoms with Crippen molar-refractivity contribution in [3.63, 3.8) is 0 Å². The van der Waals surface area contributed by atoms with Crippen molar-refractivity contribution in [3.05, 3.63) is 0 Å². The molecule has 0 aromatic heterocycles. The molecule has 0 aliphatic carbocycles. The van der Waals surface area contributed by atoms with Gasteiger partial charge >= 0.3 is 0 Å². The molecule has 1 atom stereocenters. The highest BCUT2D eigenvalue weighted by atomic mass is 16.5. The van der Waals surface area contributed by atoms with Crippen molar-refractivity contribution in [2.75, 3.05) is 19.8 Å². The van der Waals surface area contributed by atoms with E-state index in [1.165, 1.54) is 0 Å². The average molecular weight is 225 g/mol. The fraction of sp³-hybridized carbons (Fsp3) is 0.923. The van der Waals surface area contributed by atoms with Gasteiger partial charge < -0.3 is 9.64 Å². The number of amides is 1. The summed E-state index contributed by atoms with van der Waals surface area (Å²) in [6, 6.07) is 0. The Morgan fingerprint density at radius 2 is 1.94 bits per heavy atom. The van der Waals surface area contributed by atoms with Gasteiger partial charge in [-0.1, -0.05) is 20.8 Å². The van der Waals surface area contributed by atoms with E-state index in [2.05, 4.69) is 4.90 Å². The van der Waals surface area contributed by atoms with Gasteiger partial charge in [-0.15, -0.1) is 0 Å². The molecule has 0 aromatic rings. The maximum atomic E-state index is 12.3. The van der Waals surface area contributed by atoms with Gasteiger partial charge in [-0.2, -0.15) is 0 Å². The molecule has 1 unspecified atom stereocenters. The van der Waals surface area contributed by atoms with Crippen molar-refractivity contribution < 1.29 is 9.53 Å². The van der Waals surface area contributed by atoms with E-state index in [0.29, 0.717) is 5.91 Å². The number of ether oxygens (including phenoxy) is 1. The van der Waals surface area contributed by atoms with E-state index < -0.39 is 0 Å². The highest BCUT2D eigenvalue weighted by molar-refractivity contribution is 5.83. The van der Waals surface area contributed by atoms with Crippen LogP contribution in [0.4, 0.5) is 0 Å². The van der Waals surface area contributed by atoms with Crippen LogP contribution in [0.2, 0.25) is 0 Å². The number of rotatable bonds is 0. The molecule has 2 fully saturated rings. The third-order valence-corrected chi connectivity index (χ3v) is 3.90. The standard InChI is InChI=1S/C13H23NO2/c1-12(2,3)11(15)14-8-6-13(14)5-4-9-16-10-7-13/h4-10H2,1-3H3. The second kappa shape index (κ2) is 4.02. The molecule has 2 aliphatic heterocycles. The lowest BCUT2D eigenvalue weighted by Gasteiger charge is -2.54. The molecule has 16 heavy (non-hydrogen) atoms. The number of hydrogen-bond donors (Lipinski definition) is 0. The van der Waals surface area contributed by atoms with Gasteiger partial charge in [0, 0.05) is 30.7 Å². The fourth-order valence-electron chi connectivity index (χ4n) is 2.77. The molecule has 0 N–H and O–H groups in total. The lowest BCUT2D eigenvalue weighted by Crippen LogP contribution is -2.64. The second-order valence-electron chi connectivity index (χ2n) is 6.15. The van der Waals surface area contributed by atoms with Crippen LogP contribution in [0.15, 0.2) is 0 Å². The van der Waals surface area contributed by atoms with Crippen LogP contribution < -0.4 is 0 Å². The minimum absolute atomic E-state index is 0.140. The molecule has 1 amide bonds. The molecule has 0 radical (unpaired) electrons. The Bertz CT molecular complexity index is 272. The Labute approximate surface area is 98.1 Å². The number of likely N-dealkylation sites (tertiary alicyclic amines) is 1. The first-order valence-electron chi connectivity index (χ1n) is 6.36. The summed E-state index contributed by atoms with van der Waals surface area (Å²) in [4.78, 5) is 14.4. The Balaban J connectivity index is 2.09. The summed E-state index contributed by atoms with van der Waals surface area (Å²) < 4.78 is 5.50. The molecule has 2 heterocycles. The van der Waals surface area contributed by atoms with Crippen LogP contribution in [-0.2, 0) is 9.53 Å². The van der Waals surface area contributed by atoms with E-state index in [9.17, 15) is 4.79 Å². The van der Waals surface area contributed by atoms with Gasteiger partial charge in [-0.25, -0.2) is 0 Å². The molecule has 3 heteroatoms. The summed E-state index contributed by atoms with van der Waals surface area (Å²) in [5, 5.41) is 0. The van der Waals surface area contributed by atoms with Crippen molar-refractivity contribution in [1.82, 2.24) is 4.90 Å². The number of carbonyl (C=O) groups excluding carboxylic acids is 1. The molecule has 2 rings (SSSR count). The average Bonchev–Trinajstić information content (AvgIpc) is 2.41. The van der Waals surface area contributed by atoms with Crippen molar-refractivity contribution in [2.24, 2.45) is 5.41 Å². The smallest absolute Gasteiger partial charge is 0.228 e. The lowest BCUT2D eigenvalue weighted by molar-refractivity contribution is -0.157. The van der Waals surface area contributed by atoms with Crippen molar-refractivity contribution in [1.29, 1.82) is 0 Å². The van der Waals surface area contributed by atoms with Crippen LogP contribution in [-0.4, -0.2) is 36.1 Å². The van der Waals surface area contributed by atoms with Crippen molar-refractivity contribution >= 4 is 5.91 Å². The molecule has 3 nitrogen and oxygen atoms in total. The Kier molecular flexibility index (Phi) is 2.99. The molecule has 0 saturated carbocycles. The van der Waals surface area contributed by atoms with E-state index >= 15 is 0 Å². The first-order valence-corrected chi connectivity index (χ1v) is 6.36. The van der Waals surface area contributed by atoms with Gasteiger partial charge in [0.25, 0.3) is 0 Å². The summed E-state index contributed by atoms with van der Waals surface area (Å²) in [6.07, 6.45) is 4.40. The van der Waals surface area contributed by atoms with Crippen LogP contribution in [0.5, 0.6) is 0 Å². The van der Waals surface area contributed by atoms with E-state index in [-0.39, 0.29) is 11.0 Å². The minimum atomic E-state index is -0.249. The zero-order valence-corrected chi connectivity index (χ0v) is 10.7. The molecule has 0 bridgehead atoms. The molecule has 2 aliphatic rings. The van der Waals surface area contributed by atoms with Gasteiger partial charge in [-0.3, -0.25) is 4.79 Å². The van der Waals surface area contributed by atoms with Gasteiger partial charge in [0.15, 0.2) is 0 Å². The fourth-order valence-corrected chi connectivity index (χ4v) is 2.77. The van der Waals surface area contributed by atoms with Gasteiger partial charge in [-0.05, 0) is 25.7 Å². The van der Waals surface area contributed by atoms with Crippen LogP contribution in [0.3, 0.4) is 0 Å². The summed E-state index contributed by atoms with van der Waals surface area (Å²) in [7, 11) is 0. The van der Waals surface area contributed by atoms with E-state index in [4.69, 9.17) is 4.74 Å². The number of nitrogens with zero attached hydrogens (tertiary/aromatic N) is 1. The van der Waals surface area contributed by atoms with Crippen molar-refractivity contribution in [2.45, 2.75) is 52.0 Å². The van der Waals surface area contributed by atoms with Crippen molar-refractivity contribution in [3.8, 4) is 0 Å². The Morgan fingerprint density at radius 3 is 2.50 bits per heavy atom. The number of carbonyl (C=O) groups is 1. The van der Waals surface area contributed by atoms with Crippen LogP contribution >= 0.6 is 0 Å². The van der Waals surface area contributed by atoms with Gasteiger partial charge in [0.2, 0.25) is 5.91 Å². The third kappa shape index (κ3) is 1.97. The summed E-state index contributed by atoms with van der Waals surface area (Å²) in [5.74, 6) is 0.306. The number of hydrogen-bond acceptors (Lipinski definition) is 2. The maximum absolute atomic E-state index is 12.3. The highest BCUT2D eigenvalue weighted by Gasteiger charge is 2.49. The van der Waals surface area contributed by atoms with E-state index in [0.717, 1.165) is 45.4 Å². The first-order chi connectivity index (χ1) is 7.46. The largest absolute Gasteiger partial charge is 0.381 e. The SMILES string of the molecule is CC(C)(C)C(=O)N1CCC12CCCOCC2. The molecule has 92 valence electrons. The van der Waals surface area contributed by atoms with Crippen LogP contribution in [0.1, 0.15) is 46.5 Å². The van der Waals surface area contributed by atoms with Crippen LogP contribution in [0, 0.1) is 5.41 Å².